The number of rotatable bonds is 5. The van der Waals surface area contributed by atoms with Crippen molar-refractivity contribution in [1.29, 1.82) is 0 Å². The molecule has 1 aromatic carbocycles. The molecule has 0 spiro atoms. The maximum atomic E-state index is 14.6. The molecule has 6 nitrogen and oxygen atoms in total. The first-order chi connectivity index (χ1) is 14.1. The third-order valence-electron chi connectivity index (χ3n) is 5.78. The molecule has 29 heavy (non-hydrogen) atoms. The van der Waals surface area contributed by atoms with Crippen molar-refractivity contribution in [2.24, 2.45) is 0 Å². The number of aromatic hydroxyl groups is 1. The number of aromatic amines is 1. The van der Waals surface area contributed by atoms with Gasteiger partial charge in [0, 0.05) is 28.9 Å². The molecule has 0 radical (unpaired) electrons. The SMILES string of the molecule is Oc1cc(-c2cn[nH]c2)c(F)cc1-c1ccc(N(C2CC2)C2CCCC2F)nn1. The number of alkyl halides is 1. The molecular weight excluding hydrogens is 376 g/mol. The third-order valence-corrected chi connectivity index (χ3v) is 5.78. The second-order valence-electron chi connectivity index (χ2n) is 7.77. The number of halogens is 2. The molecule has 2 heterocycles. The van der Waals surface area contributed by atoms with Gasteiger partial charge in [-0.05, 0) is 56.4 Å². The Balaban J connectivity index is 1.45. The average Bonchev–Trinajstić information content (AvgIpc) is 3.22. The van der Waals surface area contributed by atoms with Crippen LogP contribution in [0.15, 0.2) is 36.7 Å². The first kappa shape index (κ1) is 18.0. The smallest absolute Gasteiger partial charge is 0.151 e. The maximum Gasteiger partial charge on any atom is 0.151 e. The topological polar surface area (TPSA) is 77.9 Å². The summed E-state index contributed by atoms with van der Waals surface area (Å²) in [5, 5.41) is 25.4. The van der Waals surface area contributed by atoms with E-state index in [2.05, 4.69) is 25.3 Å². The predicted molar refractivity (Wildman–Crippen MR) is 105 cm³/mol. The van der Waals surface area contributed by atoms with Crippen molar-refractivity contribution >= 4 is 5.82 Å². The van der Waals surface area contributed by atoms with Gasteiger partial charge in [-0.25, -0.2) is 8.78 Å². The van der Waals surface area contributed by atoms with E-state index in [1.807, 2.05) is 0 Å². The molecule has 2 saturated carbocycles. The van der Waals surface area contributed by atoms with Crippen LogP contribution in [0.2, 0.25) is 0 Å². The number of phenolic OH excluding ortho intramolecular Hbond substituents is 1. The molecule has 150 valence electrons. The molecule has 2 aliphatic carbocycles. The van der Waals surface area contributed by atoms with Crippen molar-refractivity contribution in [3.8, 4) is 28.1 Å². The van der Waals surface area contributed by atoms with Crippen LogP contribution in [0.3, 0.4) is 0 Å². The molecule has 2 aliphatic rings. The van der Waals surface area contributed by atoms with Gasteiger partial charge in [-0.15, -0.1) is 10.2 Å². The molecule has 0 saturated heterocycles. The van der Waals surface area contributed by atoms with Gasteiger partial charge in [-0.3, -0.25) is 5.10 Å². The monoisotopic (exact) mass is 397 g/mol. The number of H-pyrrole nitrogens is 1. The second-order valence-corrected chi connectivity index (χ2v) is 7.77. The Labute approximate surface area is 166 Å². The molecule has 8 heteroatoms. The van der Waals surface area contributed by atoms with Crippen LogP contribution in [0.25, 0.3) is 22.4 Å². The molecule has 2 atom stereocenters. The van der Waals surface area contributed by atoms with Crippen molar-refractivity contribution < 1.29 is 13.9 Å². The van der Waals surface area contributed by atoms with E-state index in [-0.39, 0.29) is 22.9 Å². The molecule has 0 amide bonds. The van der Waals surface area contributed by atoms with E-state index < -0.39 is 12.0 Å². The fourth-order valence-electron chi connectivity index (χ4n) is 4.18. The maximum absolute atomic E-state index is 14.6. The van der Waals surface area contributed by atoms with Crippen molar-refractivity contribution in [1.82, 2.24) is 20.4 Å². The van der Waals surface area contributed by atoms with Gasteiger partial charge in [0.15, 0.2) is 5.82 Å². The molecule has 2 N–H and O–H groups in total. The molecule has 0 aliphatic heterocycles. The van der Waals surface area contributed by atoms with Crippen molar-refractivity contribution in [3.05, 3.63) is 42.5 Å². The standard InChI is InChI=1S/C21H21F2N5O/c22-16-2-1-3-19(16)28(13-4-5-13)21-7-6-18(26-27-21)15-8-17(23)14(9-20(15)29)12-10-24-25-11-12/h6-11,13,16,19,29H,1-5H2,(H,24,25). The molecule has 0 bridgehead atoms. The van der Waals surface area contributed by atoms with E-state index in [4.69, 9.17) is 0 Å². The summed E-state index contributed by atoms with van der Waals surface area (Å²) in [6.07, 6.45) is 6.57. The molecule has 2 aromatic heterocycles. The summed E-state index contributed by atoms with van der Waals surface area (Å²) in [4.78, 5) is 2.07. The lowest BCUT2D eigenvalue weighted by molar-refractivity contribution is 0.300. The zero-order valence-corrected chi connectivity index (χ0v) is 15.7. The minimum atomic E-state index is -0.842. The van der Waals surface area contributed by atoms with E-state index in [1.54, 1.807) is 18.3 Å². The number of benzene rings is 1. The van der Waals surface area contributed by atoms with E-state index in [9.17, 15) is 13.9 Å². The van der Waals surface area contributed by atoms with Crippen LogP contribution in [-0.4, -0.2) is 43.8 Å². The molecule has 3 aromatic rings. The molecule has 2 fully saturated rings. The first-order valence-electron chi connectivity index (χ1n) is 9.90. The third kappa shape index (κ3) is 3.32. The summed E-state index contributed by atoms with van der Waals surface area (Å²) in [6.45, 7) is 0. The Morgan fingerprint density at radius 3 is 2.55 bits per heavy atom. The molecule has 5 rings (SSSR count). The Bertz CT molecular complexity index is 1000. The van der Waals surface area contributed by atoms with Crippen LogP contribution in [-0.2, 0) is 0 Å². The van der Waals surface area contributed by atoms with E-state index in [0.29, 0.717) is 29.5 Å². The van der Waals surface area contributed by atoms with Gasteiger partial charge in [0.2, 0.25) is 0 Å². The van der Waals surface area contributed by atoms with Crippen molar-refractivity contribution in [2.45, 2.75) is 50.4 Å². The lowest BCUT2D eigenvalue weighted by atomic mass is 10.0. The van der Waals surface area contributed by atoms with Crippen molar-refractivity contribution in [3.63, 3.8) is 0 Å². The van der Waals surface area contributed by atoms with Gasteiger partial charge < -0.3 is 10.0 Å². The van der Waals surface area contributed by atoms with E-state index >= 15 is 0 Å². The van der Waals surface area contributed by atoms with Crippen LogP contribution in [0.1, 0.15) is 32.1 Å². The molecule has 2 unspecified atom stereocenters. The summed E-state index contributed by atoms with van der Waals surface area (Å²) in [6, 6.07) is 6.25. The van der Waals surface area contributed by atoms with Gasteiger partial charge in [0.05, 0.1) is 17.9 Å². The van der Waals surface area contributed by atoms with E-state index in [1.165, 1.54) is 18.3 Å². The predicted octanol–water partition coefficient (Wildman–Crippen LogP) is 4.24. The Hall–Kier alpha value is -3.03. The van der Waals surface area contributed by atoms with Crippen molar-refractivity contribution in [2.75, 3.05) is 4.90 Å². The number of nitrogens with zero attached hydrogens (tertiary/aromatic N) is 4. The Morgan fingerprint density at radius 1 is 1.07 bits per heavy atom. The Morgan fingerprint density at radius 2 is 1.93 bits per heavy atom. The summed E-state index contributed by atoms with van der Waals surface area (Å²) >= 11 is 0. The summed E-state index contributed by atoms with van der Waals surface area (Å²) in [5.74, 6) is 0.0556. The summed E-state index contributed by atoms with van der Waals surface area (Å²) < 4.78 is 28.9. The normalized spacial score (nSPS) is 21.4. The highest BCUT2D eigenvalue weighted by Crippen LogP contribution is 2.39. The van der Waals surface area contributed by atoms with Gasteiger partial charge in [-0.1, -0.05) is 0 Å². The van der Waals surface area contributed by atoms with Crippen LogP contribution >= 0.6 is 0 Å². The number of aromatic nitrogens is 4. The summed E-state index contributed by atoms with van der Waals surface area (Å²) in [5.41, 5.74) is 1.42. The van der Waals surface area contributed by atoms with Crippen LogP contribution < -0.4 is 4.90 Å². The zero-order valence-electron chi connectivity index (χ0n) is 15.7. The highest BCUT2D eigenvalue weighted by molar-refractivity contribution is 5.74. The largest absolute Gasteiger partial charge is 0.507 e. The number of anilines is 1. The fourth-order valence-corrected chi connectivity index (χ4v) is 4.18. The molecular formula is C21H21F2N5O. The second kappa shape index (κ2) is 7.09. The fraction of sp³-hybridized carbons (Fsp3) is 0.381. The number of nitrogens with one attached hydrogen (secondary N) is 1. The first-order valence-corrected chi connectivity index (χ1v) is 9.90. The van der Waals surface area contributed by atoms with Gasteiger partial charge in [0.25, 0.3) is 0 Å². The highest BCUT2D eigenvalue weighted by Gasteiger charge is 2.41. The van der Waals surface area contributed by atoms with Crippen LogP contribution in [0.5, 0.6) is 5.75 Å². The minimum Gasteiger partial charge on any atom is -0.507 e. The van der Waals surface area contributed by atoms with Crippen LogP contribution in [0, 0.1) is 5.82 Å². The number of phenols is 1. The zero-order chi connectivity index (χ0) is 20.0. The summed E-state index contributed by atoms with van der Waals surface area (Å²) in [7, 11) is 0. The Kier molecular flexibility index (Phi) is 4.41. The number of hydrogen-bond acceptors (Lipinski definition) is 5. The lowest BCUT2D eigenvalue weighted by Gasteiger charge is -2.31. The van der Waals surface area contributed by atoms with Gasteiger partial charge in [-0.2, -0.15) is 5.10 Å². The van der Waals surface area contributed by atoms with Gasteiger partial charge in [0.1, 0.15) is 17.7 Å². The number of hydrogen-bond donors (Lipinski definition) is 2. The quantitative estimate of drug-likeness (QED) is 0.673. The lowest BCUT2D eigenvalue weighted by Crippen LogP contribution is -2.41. The van der Waals surface area contributed by atoms with Crippen LogP contribution in [0.4, 0.5) is 14.6 Å². The van der Waals surface area contributed by atoms with Gasteiger partial charge >= 0.3 is 0 Å². The minimum absolute atomic E-state index is 0.0942. The average molecular weight is 397 g/mol. The highest BCUT2D eigenvalue weighted by atomic mass is 19.1. The van der Waals surface area contributed by atoms with E-state index in [0.717, 1.165) is 25.7 Å².